The van der Waals surface area contributed by atoms with Gasteiger partial charge in [0.1, 0.15) is 5.54 Å². The third-order valence-electron chi connectivity index (χ3n) is 3.91. The maximum Gasteiger partial charge on any atom is 0.288 e. The average Bonchev–Trinajstić information content (AvgIpc) is 2.92. The van der Waals surface area contributed by atoms with Crippen molar-refractivity contribution >= 4 is 17.6 Å². The first-order chi connectivity index (χ1) is 8.94. The molecule has 0 unspecified atom stereocenters. The highest BCUT2D eigenvalue weighted by Crippen LogP contribution is 2.36. The predicted molar refractivity (Wildman–Crippen MR) is 70.4 cm³/mol. The van der Waals surface area contributed by atoms with Crippen molar-refractivity contribution in [2.24, 2.45) is 5.92 Å². The average molecular weight is 266 g/mol. The van der Waals surface area contributed by atoms with Crippen molar-refractivity contribution in [3.63, 3.8) is 0 Å². The highest BCUT2D eigenvalue weighted by Gasteiger charge is 2.52. The topological polar surface area (TPSA) is 75.3 Å². The van der Waals surface area contributed by atoms with Crippen molar-refractivity contribution in [1.82, 2.24) is 10.6 Å². The summed E-state index contributed by atoms with van der Waals surface area (Å²) in [4.78, 5) is 35.9. The summed E-state index contributed by atoms with van der Waals surface area (Å²) in [6.07, 6.45) is 4.88. The second kappa shape index (κ2) is 5.31. The molecule has 0 aromatic heterocycles. The van der Waals surface area contributed by atoms with Crippen LogP contribution in [0.4, 0.5) is 0 Å². The number of carbonyl (C=O) groups excluding carboxylic acids is 3. The van der Waals surface area contributed by atoms with E-state index in [1.165, 1.54) is 0 Å². The summed E-state index contributed by atoms with van der Waals surface area (Å²) in [6, 6.07) is 0.0346. The highest BCUT2D eigenvalue weighted by molar-refractivity contribution is 6.37. The number of carbonyl (C=O) groups is 3. The highest BCUT2D eigenvalue weighted by atomic mass is 16.2. The molecule has 5 heteroatoms. The van der Waals surface area contributed by atoms with Crippen LogP contribution in [0.15, 0.2) is 0 Å². The van der Waals surface area contributed by atoms with E-state index in [4.69, 9.17) is 0 Å². The predicted octanol–water partition coefficient (Wildman–Crippen LogP) is 0.919. The van der Waals surface area contributed by atoms with Crippen molar-refractivity contribution in [1.29, 1.82) is 0 Å². The van der Waals surface area contributed by atoms with E-state index in [9.17, 15) is 14.4 Å². The third-order valence-corrected chi connectivity index (χ3v) is 3.91. The van der Waals surface area contributed by atoms with Crippen LogP contribution in [0.5, 0.6) is 0 Å². The lowest BCUT2D eigenvalue weighted by Crippen LogP contribution is -2.52. The van der Waals surface area contributed by atoms with E-state index in [2.05, 4.69) is 10.6 Å². The van der Waals surface area contributed by atoms with Crippen molar-refractivity contribution < 1.29 is 14.4 Å². The number of ketones is 1. The van der Waals surface area contributed by atoms with Gasteiger partial charge in [-0.25, -0.2) is 0 Å². The minimum absolute atomic E-state index is 0.0346. The van der Waals surface area contributed by atoms with Crippen LogP contribution in [0.2, 0.25) is 0 Å². The van der Waals surface area contributed by atoms with E-state index in [1.807, 2.05) is 13.8 Å². The van der Waals surface area contributed by atoms with Crippen LogP contribution < -0.4 is 10.6 Å². The molecule has 0 saturated heterocycles. The van der Waals surface area contributed by atoms with Gasteiger partial charge in [-0.05, 0) is 39.5 Å². The summed E-state index contributed by atoms with van der Waals surface area (Å²) in [7, 11) is 0. The molecule has 2 amide bonds. The molecule has 0 bridgehead atoms. The van der Waals surface area contributed by atoms with Gasteiger partial charge in [-0.15, -0.1) is 0 Å². The molecule has 0 radical (unpaired) electrons. The second-order valence-corrected chi connectivity index (χ2v) is 6.01. The van der Waals surface area contributed by atoms with E-state index >= 15 is 0 Å². The molecule has 2 saturated carbocycles. The Morgan fingerprint density at radius 1 is 1.11 bits per heavy atom. The molecule has 0 heterocycles. The molecule has 0 aromatic rings. The minimum Gasteiger partial charge on any atom is -0.352 e. The molecule has 0 aliphatic heterocycles. The molecular formula is C14H22N2O3. The second-order valence-electron chi connectivity index (χ2n) is 6.01. The Kier molecular flexibility index (Phi) is 3.92. The molecule has 2 rings (SSSR count). The molecule has 19 heavy (non-hydrogen) atoms. The van der Waals surface area contributed by atoms with Crippen LogP contribution in [-0.2, 0) is 14.4 Å². The summed E-state index contributed by atoms with van der Waals surface area (Å²) < 4.78 is 0. The van der Waals surface area contributed by atoms with Crippen molar-refractivity contribution in [2.75, 3.05) is 0 Å². The lowest BCUT2D eigenvalue weighted by Gasteiger charge is -2.19. The van der Waals surface area contributed by atoms with Gasteiger partial charge in [0.15, 0.2) is 0 Å². The Labute approximate surface area is 113 Å². The summed E-state index contributed by atoms with van der Waals surface area (Å²) in [6.45, 7) is 3.75. The minimum atomic E-state index is -0.824. The van der Waals surface area contributed by atoms with E-state index < -0.39 is 11.4 Å². The van der Waals surface area contributed by atoms with E-state index in [0.717, 1.165) is 25.7 Å². The Morgan fingerprint density at radius 3 is 2.16 bits per heavy atom. The van der Waals surface area contributed by atoms with Gasteiger partial charge in [0, 0.05) is 12.0 Å². The first-order valence-electron chi connectivity index (χ1n) is 7.12. The van der Waals surface area contributed by atoms with Crippen LogP contribution >= 0.6 is 0 Å². The number of nitrogens with one attached hydrogen (secondary N) is 2. The van der Waals surface area contributed by atoms with Crippen molar-refractivity contribution in [2.45, 2.75) is 64.0 Å². The van der Waals surface area contributed by atoms with Gasteiger partial charge in [0.05, 0.1) is 0 Å². The Morgan fingerprint density at radius 2 is 1.68 bits per heavy atom. The largest absolute Gasteiger partial charge is 0.352 e. The molecule has 2 N–H and O–H groups in total. The van der Waals surface area contributed by atoms with Crippen LogP contribution in [0.1, 0.15) is 52.4 Å². The normalized spacial score (nSPS) is 21.2. The summed E-state index contributed by atoms with van der Waals surface area (Å²) in [5, 5.41) is 5.44. The van der Waals surface area contributed by atoms with Gasteiger partial charge in [0.2, 0.25) is 11.7 Å². The van der Waals surface area contributed by atoms with Crippen LogP contribution in [0, 0.1) is 5.92 Å². The number of hydrogen-bond donors (Lipinski definition) is 2. The van der Waals surface area contributed by atoms with Gasteiger partial charge < -0.3 is 10.6 Å². The van der Waals surface area contributed by atoms with Gasteiger partial charge in [-0.1, -0.05) is 12.8 Å². The van der Waals surface area contributed by atoms with E-state index in [1.54, 1.807) is 0 Å². The molecule has 0 atom stereocenters. The fourth-order valence-corrected chi connectivity index (χ4v) is 2.59. The van der Waals surface area contributed by atoms with Gasteiger partial charge >= 0.3 is 0 Å². The van der Waals surface area contributed by atoms with Crippen molar-refractivity contribution in [3.8, 4) is 0 Å². The maximum atomic E-state index is 12.0. The smallest absolute Gasteiger partial charge is 0.288 e. The zero-order chi connectivity index (χ0) is 14.0. The van der Waals surface area contributed by atoms with Crippen LogP contribution in [-0.4, -0.2) is 29.2 Å². The molecule has 0 aromatic carbocycles. The van der Waals surface area contributed by atoms with Crippen LogP contribution in [0.3, 0.4) is 0 Å². The zero-order valence-electron chi connectivity index (χ0n) is 11.6. The number of rotatable bonds is 5. The molecule has 106 valence electrons. The number of amides is 2. The molecule has 0 spiro atoms. The molecule has 5 nitrogen and oxygen atoms in total. The monoisotopic (exact) mass is 266 g/mol. The lowest BCUT2D eigenvalue weighted by atomic mass is 10.0. The number of hydrogen-bond acceptors (Lipinski definition) is 3. The molecule has 2 fully saturated rings. The lowest BCUT2D eigenvalue weighted by molar-refractivity contribution is -0.142. The standard InChI is InChI=1S/C14H22N2O3/c1-9(2)15-13(19)14(7-8-14)16-12(18)11(17)10-5-3-4-6-10/h9-10H,3-8H2,1-2H3,(H,15,19)(H,16,18). The van der Waals surface area contributed by atoms with E-state index in [0.29, 0.717) is 12.8 Å². The summed E-state index contributed by atoms with van der Waals surface area (Å²) in [5.74, 6) is -1.23. The maximum absolute atomic E-state index is 12.0. The zero-order valence-corrected chi connectivity index (χ0v) is 11.6. The quantitative estimate of drug-likeness (QED) is 0.727. The van der Waals surface area contributed by atoms with Gasteiger partial charge in [-0.3, -0.25) is 14.4 Å². The molecular weight excluding hydrogens is 244 g/mol. The summed E-state index contributed by atoms with van der Waals surface area (Å²) >= 11 is 0. The Bertz CT molecular complexity index is 393. The van der Waals surface area contributed by atoms with Gasteiger partial charge in [0.25, 0.3) is 5.91 Å². The molecule has 2 aliphatic carbocycles. The summed E-state index contributed by atoms with van der Waals surface area (Å²) in [5.41, 5.74) is -0.824. The van der Waals surface area contributed by atoms with E-state index in [-0.39, 0.29) is 23.7 Å². The van der Waals surface area contributed by atoms with Crippen molar-refractivity contribution in [3.05, 3.63) is 0 Å². The Hall–Kier alpha value is -1.39. The molecule has 2 aliphatic rings. The fourth-order valence-electron chi connectivity index (χ4n) is 2.59. The SMILES string of the molecule is CC(C)NC(=O)C1(NC(=O)C(=O)C2CCCC2)CC1. The third kappa shape index (κ3) is 3.14. The van der Waals surface area contributed by atoms with Gasteiger partial charge in [-0.2, -0.15) is 0 Å². The number of Topliss-reactive ketones (excluding diaryl/α,β-unsaturated/α-hetero) is 1. The van der Waals surface area contributed by atoms with Crippen LogP contribution in [0.25, 0.3) is 0 Å². The Balaban J connectivity index is 1.91. The first kappa shape index (κ1) is 14.0. The fraction of sp³-hybridized carbons (Fsp3) is 0.786. The first-order valence-corrected chi connectivity index (χ1v) is 7.12.